The number of hydrogen-bond acceptors (Lipinski definition) is 3. The number of amides is 1. The monoisotopic (exact) mass is 329 g/mol. The molecule has 23 heavy (non-hydrogen) atoms. The molecule has 2 aromatic rings. The van der Waals surface area contributed by atoms with Crippen LogP contribution >= 0.6 is 11.6 Å². The van der Waals surface area contributed by atoms with Gasteiger partial charge in [0.25, 0.3) is 5.91 Å². The van der Waals surface area contributed by atoms with Crippen LogP contribution in [0.5, 0.6) is 11.5 Å². The quantitative estimate of drug-likeness (QED) is 0.853. The van der Waals surface area contributed by atoms with Gasteiger partial charge in [-0.1, -0.05) is 29.8 Å². The number of fused-ring (bicyclic) bond motifs is 1. The molecule has 1 aliphatic heterocycles. The van der Waals surface area contributed by atoms with E-state index in [0.717, 1.165) is 16.8 Å². The van der Waals surface area contributed by atoms with Crippen LogP contribution in [-0.4, -0.2) is 19.6 Å². The molecule has 1 N–H and O–H groups in total. The van der Waals surface area contributed by atoms with Gasteiger partial charge in [0, 0.05) is 16.8 Å². The summed E-state index contributed by atoms with van der Waals surface area (Å²) >= 11 is 6.26. The number of benzene rings is 2. The van der Waals surface area contributed by atoms with Crippen molar-refractivity contribution in [3.8, 4) is 11.5 Å². The van der Waals surface area contributed by atoms with E-state index in [1.54, 1.807) is 19.3 Å². The largest absolute Gasteiger partial charge is 0.491 e. The number of nitrogens with one attached hydrogen (secondary N) is 1. The summed E-state index contributed by atoms with van der Waals surface area (Å²) in [6.07, 6.45) is 1.80. The summed E-state index contributed by atoms with van der Waals surface area (Å²) < 4.78 is 10.8. The van der Waals surface area contributed by atoms with E-state index in [4.69, 9.17) is 21.1 Å². The third kappa shape index (κ3) is 2.90. The molecule has 0 spiro atoms. The second kappa shape index (κ2) is 6.34. The van der Waals surface area contributed by atoms with Crippen LogP contribution in [0.2, 0.25) is 5.02 Å². The van der Waals surface area contributed by atoms with Crippen molar-refractivity contribution in [1.82, 2.24) is 0 Å². The van der Waals surface area contributed by atoms with E-state index in [9.17, 15) is 4.79 Å². The minimum atomic E-state index is -0.129. The number of anilines is 1. The lowest BCUT2D eigenvalue weighted by atomic mass is 10.0. The van der Waals surface area contributed by atoms with Crippen LogP contribution in [0.25, 0.3) is 11.6 Å². The summed E-state index contributed by atoms with van der Waals surface area (Å²) in [5, 5.41) is 3.29. The molecule has 2 aromatic carbocycles. The van der Waals surface area contributed by atoms with Crippen molar-refractivity contribution in [2.75, 3.05) is 19.0 Å². The van der Waals surface area contributed by atoms with Gasteiger partial charge in [-0.3, -0.25) is 4.79 Å². The first kappa shape index (κ1) is 15.4. The summed E-state index contributed by atoms with van der Waals surface area (Å²) in [6.45, 7) is 2.38. The maximum absolute atomic E-state index is 12.2. The Morgan fingerprint density at radius 1 is 1.26 bits per heavy atom. The summed E-state index contributed by atoms with van der Waals surface area (Å²) in [6, 6.07) is 11.1. The van der Waals surface area contributed by atoms with Crippen molar-refractivity contribution in [3.63, 3.8) is 0 Å². The molecule has 0 aromatic heterocycles. The second-order valence-electron chi connectivity index (χ2n) is 5.02. The van der Waals surface area contributed by atoms with Gasteiger partial charge in [-0.05, 0) is 36.8 Å². The average molecular weight is 330 g/mol. The van der Waals surface area contributed by atoms with E-state index >= 15 is 0 Å². The molecule has 1 heterocycles. The molecule has 0 radical (unpaired) electrons. The number of halogens is 1. The van der Waals surface area contributed by atoms with Crippen LogP contribution in [0, 0.1) is 0 Å². The molecule has 0 aliphatic carbocycles. The highest BCUT2D eigenvalue weighted by molar-refractivity contribution is 6.35. The highest BCUT2D eigenvalue weighted by atomic mass is 35.5. The zero-order valence-corrected chi connectivity index (χ0v) is 13.6. The fourth-order valence-electron chi connectivity index (χ4n) is 2.58. The van der Waals surface area contributed by atoms with Crippen LogP contribution in [-0.2, 0) is 4.79 Å². The third-order valence-corrected chi connectivity index (χ3v) is 3.84. The molecule has 0 unspecified atom stereocenters. The fourth-order valence-corrected chi connectivity index (χ4v) is 2.88. The Morgan fingerprint density at radius 2 is 2.04 bits per heavy atom. The molecule has 4 nitrogen and oxygen atoms in total. The van der Waals surface area contributed by atoms with Crippen LogP contribution < -0.4 is 14.8 Å². The Bertz CT molecular complexity index is 799. The Kier molecular flexibility index (Phi) is 4.26. The smallest absolute Gasteiger partial charge is 0.256 e. The maximum Gasteiger partial charge on any atom is 0.256 e. The number of ether oxygens (including phenoxy) is 2. The Morgan fingerprint density at radius 3 is 2.78 bits per heavy atom. The SMILES string of the molecule is CCOc1cc(/C=C2/C(=O)Nc3ccccc32)cc(Cl)c1OC. The van der Waals surface area contributed by atoms with Crippen LogP contribution in [0.15, 0.2) is 36.4 Å². The van der Waals surface area contributed by atoms with Crippen molar-refractivity contribution in [2.45, 2.75) is 6.92 Å². The summed E-state index contributed by atoms with van der Waals surface area (Å²) in [4.78, 5) is 12.2. The molecule has 1 aliphatic rings. The first-order valence-corrected chi connectivity index (χ1v) is 7.64. The lowest BCUT2D eigenvalue weighted by molar-refractivity contribution is -0.110. The van der Waals surface area contributed by atoms with Gasteiger partial charge in [0.05, 0.1) is 18.7 Å². The number of para-hydroxylation sites is 1. The summed E-state index contributed by atoms with van der Waals surface area (Å²) in [5.41, 5.74) is 3.07. The molecule has 3 rings (SSSR count). The first-order chi connectivity index (χ1) is 11.1. The molecule has 118 valence electrons. The molecule has 0 saturated carbocycles. The minimum absolute atomic E-state index is 0.129. The Labute approximate surface area is 139 Å². The van der Waals surface area contributed by atoms with E-state index in [1.165, 1.54) is 0 Å². The summed E-state index contributed by atoms with van der Waals surface area (Å²) in [5.74, 6) is 0.920. The zero-order chi connectivity index (χ0) is 16.4. The molecule has 1 amide bonds. The number of methoxy groups -OCH3 is 1. The molecule has 0 saturated heterocycles. The second-order valence-corrected chi connectivity index (χ2v) is 5.43. The highest BCUT2D eigenvalue weighted by Gasteiger charge is 2.23. The van der Waals surface area contributed by atoms with Crippen molar-refractivity contribution in [3.05, 3.63) is 52.5 Å². The standard InChI is InChI=1S/C18H16ClNO3/c1-3-23-16-10-11(9-14(19)17(16)22-2)8-13-12-6-4-5-7-15(12)20-18(13)21/h4-10H,3H2,1-2H3,(H,20,21)/b13-8+. The highest BCUT2D eigenvalue weighted by Crippen LogP contribution is 2.38. The lowest BCUT2D eigenvalue weighted by Crippen LogP contribution is -2.03. The predicted molar refractivity (Wildman–Crippen MR) is 92.1 cm³/mol. The van der Waals surface area contributed by atoms with Crippen molar-refractivity contribution in [2.24, 2.45) is 0 Å². The molecule has 0 atom stereocenters. The number of hydrogen-bond donors (Lipinski definition) is 1. The van der Waals surface area contributed by atoms with Gasteiger partial charge in [-0.25, -0.2) is 0 Å². The Balaban J connectivity index is 2.08. The van der Waals surface area contributed by atoms with Crippen LogP contribution in [0.4, 0.5) is 5.69 Å². The topological polar surface area (TPSA) is 47.6 Å². The normalized spacial score (nSPS) is 14.6. The van der Waals surface area contributed by atoms with Gasteiger partial charge < -0.3 is 14.8 Å². The summed E-state index contributed by atoms with van der Waals surface area (Å²) in [7, 11) is 1.54. The van der Waals surface area contributed by atoms with Gasteiger partial charge in [-0.15, -0.1) is 0 Å². The molecular weight excluding hydrogens is 314 g/mol. The van der Waals surface area contributed by atoms with Gasteiger partial charge in [0.15, 0.2) is 11.5 Å². The predicted octanol–water partition coefficient (Wildman–Crippen LogP) is 4.24. The number of carbonyl (C=O) groups is 1. The minimum Gasteiger partial charge on any atom is -0.491 e. The first-order valence-electron chi connectivity index (χ1n) is 7.26. The Hall–Kier alpha value is -2.46. The van der Waals surface area contributed by atoms with Crippen molar-refractivity contribution < 1.29 is 14.3 Å². The fraction of sp³-hybridized carbons (Fsp3) is 0.167. The molecule has 0 bridgehead atoms. The maximum atomic E-state index is 12.2. The van der Waals surface area contributed by atoms with E-state index in [0.29, 0.717) is 28.7 Å². The van der Waals surface area contributed by atoms with Gasteiger partial charge in [-0.2, -0.15) is 0 Å². The van der Waals surface area contributed by atoms with E-state index < -0.39 is 0 Å². The van der Waals surface area contributed by atoms with E-state index in [-0.39, 0.29) is 5.91 Å². The third-order valence-electron chi connectivity index (χ3n) is 3.56. The van der Waals surface area contributed by atoms with Gasteiger partial charge in [0.1, 0.15) is 0 Å². The molecule has 5 heteroatoms. The van der Waals surface area contributed by atoms with E-state index in [1.807, 2.05) is 37.3 Å². The van der Waals surface area contributed by atoms with Gasteiger partial charge in [0.2, 0.25) is 0 Å². The van der Waals surface area contributed by atoms with E-state index in [2.05, 4.69) is 5.32 Å². The average Bonchev–Trinajstić information content (AvgIpc) is 2.84. The number of rotatable bonds is 4. The van der Waals surface area contributed by atoms with Gasteiger partial charge >= 0.3 is 0 Å². The molecule has 0 fully saturated rings. The van der Waals surface area contributed by atoms with Crippen LogP contribution in [0.3, 0.4) is 0 Å². The molecular formula is C18H16ClNO3. The zero-order valence-electron chi connectivity index (χ0n) is 12.9. The van der Waals surface area contributed by atoms with Crippen LogP contribution in [0.1, 0.15) is 18.1 Å². The van der Waals surface area contributed by atoms with Crippen molar-refractivity contribution in [1.29, 1.82) is 0 Å². The van der Waals surface area contributed by atoms with Crippen molar-refractivity contribution >= 4 is 34.8 Å². The number of carbonyl (C=O) groups excluding carboxylic acids is 1. The lowest BCUT2D eigenvalue weighted by Gasteiger charge is -2.12.